The summed E-state index contributed by atoms with van der Waals surface area (Å²) in [5.41, 5.74) is 5.82. The molecule has 2 rings (SSSR count). The number of hydrogen-bond acceptors (Lipinski definition) is 2. The molecule has 0 unspecified atom stereocenters. The molecule has 0 spiro atoms. The van der Waals surface area contributed by atoms with Crippen molar-refractivity contribution in [3.63, 3.8) is 0 Å². The van der Waals surface area contributed by atoms with Crippen molar-refractivity contribution >= 4 is 6.09 Å². The smallest absolute Gasteiger partial charge is 0.408 e. The third kappa shape index (κ3) is 1.81. The molecule has 0 aromatic rings. The fourth-order valence-corrected chi connectivity index (χ4v) is 4.34. The predicted molar refractivity (Wildman–Crippen MR) is 71.5 cm³/mol. The van der Waals surface area contributed by atoms with Crippen LogP contribution < -0.4 is 5.73 Å². The van der Waals surface area contributed by atoms with Gasteiger partial charge in [-0.3, -0.25) is 4.90 Å². The Balaban J connectivity index is 2.32. The van der Waals surface area contributed by atoms with Crippen LogP contribution in [0.2, 0.25) is 0 Å². The number of carbonyl (C=O) groups is 1. The Morgan fingerprint density at radius 3 is 2.06 bits per heavy atom. The first-order valence-electron chi connectivity index (χ1n) is 6.92. The highest BCUT2D eigenvalue weighted by Gasteiger charge is 2.60. The maximum Gasteiger partial charge on any atom is 0.408 e. The minimum Gasteiger partial charge on any atom is -0.465 e. The Morgan fingerprint density at radius 1 is 1.28 bits per heavy atom. The zero-order chi connectivity index (χ0) is 13.8. The summed E-state index contributed by atoms with van der Waals surface area (Å²) in [6, 6.07) is 0.164. The average Bonchev–Trinajstić information content (AvgIpc) is 2.71. The van der Waals surface area contributed by atoms with Gasteiger partial charge in [0.1, 0.15) is 0 Å². The number of carboxylic acid groups (broad SMARTS) is 1. The average molecular weight is 254 g/mol. The van der Waals surface area contributed by atoms with E-state index in [0.29, 0.717) is 0 Å². The van der Waals surface area contributed by atoms with Gasteiger partial charge in [-0.15, -0.1) is 0 Å². The molecule has 4 nitrogen and oxygen atoms in total. The first-order valence-corrected chi connectivity index (χ1v) is 6.92. The van der Waals surface area contributed by atoms with Gasteiger partial charge in [-0.25, -0.2) is 4.79 Å². The van der Waals surface area contributed by atoms with Crippen molar-refractivity contribution in [2.24, 2.45) is 11.1 Å². The summed E-state index contributed by atoms with van der Waals surface area (Å²) < 4.78 is 0. The lowest BCUT2D eigenvalue weighted by Gasteiger charge is -2.46. The van der Waals surface area contributed by atoms with Crippen LogP contribution in [0.1, 0.15) is 59.8 Å². The molecule has 2 saturated carbocycles. The molecule has 4 heteroatoms. The van der Waals surface area contributed by atoms with E-state index in [0.717, 1.165) is 32.1 Å². The van der Waals surface area contributed by atoms with Crippen LogP contribution in [0, 0.1) is 5.41 Å². The quantitative estimate of drug-likeness (QED) is 0.796. The summed E-state index contributed by atoms with van der Waals surface area (Å²) in [5, 5.41) is 9.60. The zero-order valence-corrected chi connectivity index (χ0v) is 12.0. The van der Waals surface area contributed by atoms with Gasteiger partial charge in [0.15, 0.2) is 0 Å². The van der Waals surface area contributed by atoms with Crippen molar-refractivity contribution in [3.05, 3.63) is 0 Å². The lowest BCUT2D eigenvalue weighted by molar-refractivity contribution is 0.0200. The van der Waals surface area contributed by atoms with E-state index in [1.807, 2.05) is 20.8 Å². The normalized spacial score (nSPS) is 36.7. The Morgan fingerprint density at radius 2 is 1.78 bits per heavy atom. The molecule has 0 aromatic carbocycles. The van der Waals surface area contributed by atoms with Gasteiger partial charge >= 0.3 is 6.09 Å². The van der Waals surface area contributed by atoms with Crippen molar-refractivity contribution < 1.29 is 9.90 Å². The second-order valence-electron chi connectivity index (χ2n) is 7.34. The molecule has 0 radical (unpaired) electrons. The second-order valence-corrected chi connectivity index (χ2v) is 7.34. The van der Waals surface area contributed by atoms with Crippen LogP contribution in [0.25, 0.3) is 0 Å². The van der Waals surface area contributed by atoms with E-state index in [4.69, 9.17) is 5.73 Å². The van der Waals surface area contributed by atoms with Crippen molar-refractivity contribution in [2.75, 3.05) is 0 Å². The Bertz CT molecular complexity index is 349. The van der Waals surface area contributed by atoms with Crippen molar-refractivity contribution in [2.45, 2.75) is 76.9 Å². The van der Waals surface area contributed by atoms with Gasteiger partial charge < -0.3 is 10.8 Å². The Hall–Kier alpha value is -0.770. The van der Waals surface area contributed by atoms with Gasteiger partial charge in [0.25, 0.3) is 0 Å². The molecule has 2 aliphatic rings. The van der Waals surface area contributed by atoms with Crippen LogP contribution in [0.5, 0.6) is 0 Å². The minimum absolute atomic E-state index is 0.164. The fourth-order valence-electron chi connectivity index (χ4n) is 4.34. The summed E-state index contributed by atoms with van der Waals surface area (Å²) in [6.45, 7) is 8.03. The lowest BCUT2D eigenvalue weighted by atomic mass is 9.78. The van der Waals surface area contributed by atoms with Crippen molar-refractivity contribution in [1.29, 1.82) is 0 Å². The van der Waals surface area contributed by atoms with Crippen LogP contribution in [-0.4, -0.2) is 33.2 Å². The number of nitrogens with two attached hydrogens (primary N) is 1. The van der Waals surface area contributed by atoms with Crippen LogP contribution in [0.15, 0.2) is 0 Å². The largest absolute Gasteiger partial charge is 0.465 e. The van der Waals surface area contributed by atoms with Crippen LogP contribution in [0.4, 0.5) is 4.79 Å². The van der Waals surface area contributed by atoms with Gasteiger partial charge in [0, 0.05) is 17.1 Å². The highest BCUT2D eigenvalue weighted by Crippen LogP contribution is 2.61. The van der Waals surface area contributed by atoms with Crippen LogP contribution >= 0.6 is 0 Å². The highest BCUT2D eigenvalue weighted by atomic mass is 16.4. The van der Waals surface area contributed by atoms with E-state index >= 15 is 0 Å². The van der Waals surface area contributed by atoms with Gasteiger partial charge in [0.05, 0.1) is 0 Å². The molecule has 2 aliphatic carbocycles. The zero-order valence-electron chi connectivity index (χ0n) is 12.0. The molecule has 3 N–H and O–H groups in total. The van der Waals surface area contributed by atoms with Gasteiger partial charge in [-0.05, 0) is 65.2 Å². The topological polar surface area (TPSA) is 66.6 Å². The lowest BCUT2D eigenvalue weighted by Crippen LogP contribution is -2.57. The van der Waals surface area contributed by atoms with Gasteiger partial charge in [-0.2, -0.15) is 0 Å². The van der Waals surface area contributed by atoms with Crippen molar-refractivity contribution in [1.82, 2.24) is 4.90 Å². The second kappa shape index (κ2) is 3.86. The molecule has 0 heterocycles. The van der Waals surface area contributed by atoms with Crippen LogP contribution in [-0.2, 0) is 0 Å². The molecule has 1 amide bonds. The molecule has 0 aliphatic heterocycles. The minimum atomic E-state index is -0.787. The number of amides is 1. The summed E-state index contributed by atoms with van der Waals surface area (Å²) >= 11 is 0. The van der Waals surface area contributed by atoms with E-state index in [2.05, 4.69) is 6.92 Å². The van der Waals surface area contributed by atoms with Gasteiger partial charge in [0.2, 0.25) is 0 Å². The summed E-state index contributed by atoms with van der Waals surface area (Å²) in [7, 11) is 0. The van der Waals surface area contributed by atoms with E-state index in [1.165, 1.54) is 0 Å². The molecule has 0 aromatic heterocycles. The predicted octanol–water partition coefficient (Wildman–Crippen LogP) is 2.82. The molecular weight excluding hydrogens is 228 g/mol. The van der Waals surface area contributed by atoms with Crippen LogP contribution in [0.3, 0.4) is 0 Å². The number of hydrogen-bond donors (Lipinski definition) is 2. The molecule has 1 atom stereocenters. The van der Waals surface area contributed by atoms with Gasteiger partial charge in [-0.1, -0.05) is 0 Å². The highest BCUT2D eigenvalue weighted by molar-refractivity contribution is 5.67. The first-order chi connectivity index (χ1) is 8.13. The Kier molecular flexibility index (Phi) is 2.93. The molecule has 18 heavy (non-hydrogen) atoms. The van der Waals surface area contributed by atoms with E-state index in [1.54, 1.807) is 4.90 Å². The molecule has 2 fully saturated rings. The summed E-state index contributed by atoms with van der Waals surface area (Å²) in [6.07, 6.45) is 4.25. The standard InChI is InChI=1S/C14H26N2O2/c1-10(15)13-5-7-14(9-13,8-6-13)16(11(17)18)12(2,3)4/h10H,5-9,15H2,1-4H3,(H,17,18)/t10-,13?,14?/m0/s1. The third-order valence-electron chi connectivity index (χ3n) is 5.16. The third-order valence-corrected chi connectivity index (χ3v) is 5.16. The maximum absolute atomic E-state index is 11.7. The molecule has 2 bridgehead atoms. The molecular formula is C14H26N2O2. The van der Waals surface area contributed by atoms with Crippen molar-refractivity contribution in [3.8, 4) is 0 Å². The number of rotatable bonds is 2. The van der Waals surface area contributed by atoms with E-state index in [-0.39, 0.29) is 22.5 Å². The monoisotopic (exact) mass is 254 g/mol. The first kappa shape index (κ1) is 13.7. The summed E-state index contributed by atoms with van der Waals surface area (Å²) in [4.78, 5) is 13.4. The SMILES string of the molecule is C[C@H](N)C12CCC(N(C(=O)O)C(C)(C)C)(CC1)C2. The fraction of sp³-hybridized carbons (Fsp3) is 0.929. The molecule has 0 saturated heterocycles. The number of nitrogens with zero attached hydrogens (tertiary/aromatic N) is 1. The maximum atomic E-state index is 11.7. The van der Waals surface area contributed by atoms with E-state index < -0.39 is 6.09 Å². The van der Waals surface area contributed by atoms with E-state index in [9.17, 15) is 9.90 Å². The number of fused-ring (bicyclic) bond motifs is 2. The molecule has 104 valence electrons. The Labute approximate surface area is 110 Å². The summed E-state index contributed by atoms with van der Waals surface area (Å²) in [5.74, 6) is 0.